The lowest BCUT2D eigenvalue weighted by atomic mass is 10.00. The zero-order valence-corrected chi connectivity index (χ0v) is 18.6. The molecule has 0 aromatic rings. The van der Waals surface area contributed by atoms with Crippen molar-refractivity contribution >= 4 is 29.6 Å². The Bertz CT molecular complexity index is 675. The van der Waals surface area contributed by atoms with E-state index in [1.54, 1.807) is 13.8 Å². The zero-order valence-electron chi connectivity index (χ0n) is 18.6. The number of carbonyl (C=O) groups is 5. The summed E-state index contributed by atoms with van der Waals surface area (Å²) in [6, 6.07) is -3.86. The third-order valence-electron chi connectivity index (χ3n) is 4.98. The van der Waals surface area contributed by atoms with Crippen molar-refractivity contribution in [1.29, 1.82) is 0 Å². The molecular weight excluding hydrogens is 406 g/mol. The van der Waals surface area contributed by atoms with Gasteiger partial charge in [0, 0.05) is 0 Å². The van der Waals surface area contributed by atoms with Crippen molar-refractivity contribution in [3.63, 3.8) is 0 Å². The number of carboxylic acid groups (broad SMARTS) is 1. The van der Waals surface area contributed by atoms with Gasteiger partial charge in [0.2, 0.25) is 23.6 Å². The number of carboxylic acids is 1. The second-order valence-corrected chi connectivity index (χ2v) is 8.64. The van der Waals surface area contributed by atoms with Gasteiger partial charge in [-0.05, 0) is 37.6 Å². The maximum Gasteiger partial charge on any atom is 0.326 e. The van der Waals surface area contributed by atoms with Gasteiger partial charge in [0.15, 0.2) is 0 Å². The van der Waals surface area contributed by atoms with Crippen molar-refractivity contribution in [3.05, 3.63) is 0 Å². The standard InChI is InChI=1S/C20H35N5O6/c1-10(2)8-14(20(30)31)24-19(29)16(11(3)4)25-18(28)13(9-15(21)26)23-17(27)12-6-5-7-22-12/h10-14,16,22H,5-9H2,1-4H3,(H2,21,26)(H,23,27)(H,24,29)(H,25,28)(H,30,31). The Balaban J connectivity index is 2.88. The van der Waals surface area contributed by atoms with E-state index < -0.39 is 60.2 Å². The molecule has 11 nitrogen and oxygen atoms in total. The second-order valence-electron chi connectivity index (χ2n) is 8.64. The second kappa shape index (κ2) is 12.2. The Labute approximate surface area is 182 Å². The van der Waals surface area contributed by atoms with Crippen LogP contribution in [-0.4, -0.2) is 65.4 Å². The van der Waals surface area contributed by atoms with E-state index in [1.165, 1.54) is 0 Å². The van der Waals surface area contributed by atoms with Crippen molar-refractivity contribution in [3.8, 4) is 0 Å². The van der Waals surface area contributed by atoms with Crippen LogP contribution in [-0.2, 0) is 24.0 Å². The molecule has 0 spiro atoms. The lowest BCUT2D eigenvalue weighted by Crippen LogP contribution is -2.59. The molecule has 1 aliphatic heterocycles. The van der Waals surface area contributed by atoms with Gasteiger partial charge in [0.05, 0.1) is 12.5 Å². The van der Waals surface area contributed by atoms with E-state index in [1.807, 2.05) is 13.8 Å². The van der Waals surface area contributed by atoms with Crippen LogP contribution in [0.25, 0.3) is 0 Å². The number of rotatable bonds is 12. The maximum absolute atomic E-state index is 12.8. The molecule has 176 valence electrons. The molecule has 0 aliphatic carbocycles. The third-order valence-corrected chi connectivity index (χ3v) is 4.98. The molecule has 0 aromatic heterocycles. The van der Waals surface area contributed by atoms with Crippen LogP contribution in [0.15, 0.2) is 0 Å². The third kappa shape index (κ3) is 8.91. The van der Waals surface area contributed by atoms with E-state index in [0.29, 0.717) is 13.0 Å². The molecule has 1 heterocycles. The van der Waals surface area contributed by atoms with Crippen LogP contribution in [0, 0.1) is 11.8 Å². The monoisotopic (exact) mass is 441 g/mol. The molecule has 1 rings (SSSR count). The van der Waals surface area contributed by atoms with Gasteiger partial charge < -0.3 is 32.1 Å². The molecule has 0 saturated carbocycles. The molecule has 4 unspecified atom stereocenters. The summed E-state index contributed by atoms with van der Waals surface area (Å²) in [6.07, 6.45) is 1.23. The summed E-state index contributed by atoms with van der Waals surface area (Å²) in [5, 5.41) is 19.9. The van der Waals surface area contributed by atoms with E-state index >= 15 is 0 Å². The molecular formula is C20H35N5O6. The number of hydrogen-bond donors (Lipinski definition) is 6. The summed E-state index contributed by atoms with van der Waals surface area (Å²) in [5.74, 6) is -4.11. The highest BCUT2D eigenvalue weighted by atomic mass is 16.4. The fourth-order valence-corrected chi connectivity index (χ4v) is 3.33. The minimum Gasteiger partial charge on any atom is -0.480 e. The minimum absolute atomic E-state index is 0.0350. The van der Waals surface area contributed by atoms with E-state index in [4.69, 9.17) is 5.73 Å². The molecule has 31 heavy (non-hydrogen) atoms. The van der Waals surface area contributed by atoms with Crippen LogP contribution in [0.1, 0.15) is 53.4 Å². The number of nitrogens with two attached hydrogens (primary N) is 1. The number of carbonyl (C=O) groups excluding carboxylic acids is 4. The maximum atomic E-state index is 12.8. The van der Waals surface area contributed by atoms with Crippen LogP contribution in [0.2, 0.25) is 0 Å². The van der Waals surface area contributed by atoms with Gasteiger partial charge in [-0.25, -0.2) is 4.79 Å². The van der Waals surface area contributed by atoms with Crippen molar-refractivity contribution in [2.24, 2.45) is 17.6 Å². The fourth-order valence-electron chi connectivity index (χ4n) is 3.33. The summed E-state index contributed by atoms with van der Waals surface area (Å²) in [4.78, 5) is 60.8. The van der Waals surface area contributed by atoms with Gasteiger partial charge in [-0.1, -0.05) is 27.7 Å². The fraction of sp³-hybridized carbons (Fsp3) is 0.750. The van der Waals surface area contributed by atoms with Gasteiger partial charge in [0.1, 0.15) is 18.1 Å². The van der Waals surface area contributed by atoms with Crippen molar-refractivity contribution in [2.75, 3.05) is 6.54 Å². The number of aliphatic carboxylic acids is 1. The van der Waals surface area contributed by atoms with Gasteiger partial charge in [0.25, 0.3) is 0 Å². The van der Waals surface area contributed by atoms with E-state index in [2.05, 4.69) is 21.3 Å². The largest absolute Gasteiger partial charge is 0.480 e. The average molecular weight is 442 g/mol. The predicted molar refractivity (Wildman–Crippen MR) is 113 cm³/mol. The Kier molecular flexibility index (Phi) is 10.4. The van der Waals surface area contributed by atoms with Gasteiger partial charge in [-0.3, -0.25) is 19.2 Å². The molecule has 1 fully saturated rings. The Morgan fingerprint density at radius 2 is 1.65 bits per heavy atom. The molecule has 4 amide bonds. The molecule has 11 heteroatoms. The minimum atomic E-state index is -1.24. The smallest absolute Gasteiger partial charge is 0.326 e. The predicted octanol–water partition coefficient (Wildman–Crippen LogP) is -1.15. The number of hydrogen-bond acceptors (Lipinski definition) is 6. The van der Waals surface area contributed by atoms with Crippen LogP contribution in [0.4, 0.5) is 0 Å². The Hall–Kier alpha value is -2.69. The molecule has 0 bridgehead atoms. The summed E-state index contributed by atoms with van der Waals surface area (Å²) in [6.45, 7) is 7.72. The highest BCUT2D eigenvalue weighted by Gasteiger charge is 2.33. The normalized spacial score (nSPS) is 18.8. The topological polar surface area (TPSA) is 180 Å². The van der Waals surface area contributed by atoms with E-state index in [9.17, 15) is 29.1 Å². The van der Waals surface area contributed by atoms with Crippen molar-refractivity contribution in [2.45, 2.75) is 77.5 Å². The number of nitrogens with one attached hydrogen (secondary N) is 4. The summed E-state index contributed by atoms with van der Waals surface area (Å²) < 4.78 is 0. The first-order valence-corrected chi connectivity index (χ1v) is 10.6. The zero-order chi connectivity index (χ0) is 23.7. The lowest BCUT2D eigenvalue weighted by molar-refractivity contribution is -0.143. The van der Waals surface area contributed by atoms with Crippen LogP contribution in [0.3, 0.4) is 0 Å². The molecule has 4 atom stereocenters. The lowest BCUT2D eigenvalue weighted by Gasteiger charge is -2.27. The average Bonchev–Trinajstić information content (AvgIpc) is 3.18. The molecule has 1 saturated heterocycles. The first-order chi connectivity index (χ1) is 14.4. The van der Waals surface area contributed by atoms with Crippen LogP contribution in [0.5, 0.6) is 0 Å². The number of amides is 4. The SMILES string of the molecule is CC(C)CC(NC(=O)C(NC(=O)C(CC(N)=O)NC(=O)C1CCCN1)C(C)C)C(=O)O. The highest BCUT2D eigenvalue weighted by Crippen LogP contribution is 2.09. The highest BCUT2D eigenvalue weighted by molar-refractivity contribution is 5.96. The first kappa shape index (κ1) is 26.3. The quantitative estimate of drug-likeness (QED) is 0.221. The van der Waals surface area contributed by atoms with Crippen LogP contribution < -0.4 is 27.0 Å². The summed E-state index contributed by atoms with van der Waals surface area (Å²) in [7, 11) is 0. The molecule has 0 aromatic carbocycles. The summed E-state index contributed by atoms with van der Waals surface area (Å²) in [5.41, 5.74) is 5.23. The van der Waals surface area contributed by atoms with E-state index in [0.717, 1.165) is 6.42 Å². The van der Waals surface area contributed by atoms with Gasteiger partial charge in [-0.15, -0.1) is 0 Å². The molecule has 1 aliphatic rings. The van der Waals surface area contributed by atoms with Gasteiger partial charge >= 0.3 is 5.97 Å². The number of primary amides is 1. The van der Waals surface area contributed by atoms with Crippen molar-refractivity contribution in [1.82, 2.24) is 21.3 Å². The molecule has 7 N–H and O–H groups in total. The summed E-state index contributed by atoms with van der Waals surface area (Å²) >= 11 is 0. The first-order valence-electron chi connectivity index (χ1n) is 10.6. The van der Waals surface area contributed by atoms with Gasteiger partial charge in [-0.2, -0.15) is 0 Å². The van der Waals surface area contributed by atoms with Crippen molar-refractivity contribution < 1.29 is 29.1 Å². The molecule has 0 radical (unpaired) electrons. The van der Waals surface area contributed by atoms with Crippen LogP contribution >= 0.6 is 0 Å². The van der Waals surface area contributed by atoms with E-state index in [-0.39, 0.29) is 18.3 Å². The Morgan fingerprint density at radius 3 is 2.10 bits per heavy atom. The Morgan fingerprint density at radius 1 is 1.00 bits per heavy atom.